The van der Waals surface area contributed by atoms with Crippen LogP contribution in [0.5, 0.6) is 0 Å². The van der Waals surface area contributed by atoms with E-state index in [1.54, 1.807) is 0 Å². The topological polar surface area (TPSA) is 25.6 Å². The van der Waals surface area contributed by atoms with E-state index in [2.05, 4.69) is 118 Å². The largest absolute Gasteiger partial charge is 0.331 e. The molecule has 3 aromatic heterocycles. The molecule has 32 heavy (non-hydrogen) atoms. The zero-order valence-electron chi connectivity index (χ0n) is 18.3. The number of fused-ring (bicyclic) bond motifs is 6. The van der Waals surface area contributed by atoms with Gasteiger partial charge in [0.25, 0.3) is 0 Å². The SMILES string of the molecule is CC(C)C[n+]1cc(-c2ccccc2)n2c3ccccc3n3c(-c4ccccc4)cnc3c21. The maximum Gasteiger partial charge on any atom is 0.331 e. The predicted molar refractivity (Wildman–Crippen MR) is 130 cm³/mol. The number of benzene rings is 3. The van der Waals surface area contributed by atoms with E-state index in [1.165, 1.54) is 22.3 Å². The van der Waals surface area contributed by atoms with Crippen LogP contribution in [0.2, 0.25) is 0 Å². The molecule has 4 heteroatoms. The lowest BCUT2D eigenvalue weighted by Gasteiger charge is -2.08. The molecule has 0 unspecified atom stereocenters. The van der Waals surface area contributed by atoms with Gasteiger partial charge in [0.2, 0.25) is 5.65 Å². The van der Waals surface area contributed by atoms with Crippen LogP contribution < -0.4 is 4.57 Å². The summed E-state index contributed by atoms with van der Waals surface area (Å²) in [6.45, 7) is 5.45. The molecule has 3 heterocycles. The maximum atomic E-state index is 4.97. The van der Waals surface area contributed by atoms with Crippen LogP contribution in [0.15, 0.2) is 97.3 Å². The van der Waals surface area contributed by atoms with Crippen molar-refractivity contribution in [3.63, 3.8) is 0 Å². The molecule has 6 aromatic rings. The van der Waals surface area contributed by atoms with Gasteiger partial charge in [-0.2, -0.15) is 4.40 Å². The molecule has 156 valence electrons. The standard InChI is InChI=1S/C28H25N4/c1-20(2)18-30-19-26(22-13-7-4-8-14-22)32-24-16-10-9-15-23(24)31-25(17-29-27(31)28(30)32)21-11-5-3-6-12-21/h3-17,19-20H,18H2,1-2H3/q+1. The Morgan fingerprint density at radius 3 is 1.91 bits per heavy atom. The van der Waals surface area contributed by atoms with E-state index in [-0.39, 0.29) is 0 Å². The fourth-order valence-corrected chi connectivity index (χ4v) is 4.73. The first-order valence-electron chi connectivity index (χ1n) is 11.2. The summed E-state index contributed by atoms with van der Waals surface area (Å²) < 4.78 is 7.06. The second kappa shape index (κ2) is 7.34. The van der Waals surface area contributed by atoms with Gasteiger partial charge in [-0.3, -0.25) is 4.40 Å². The van der Waals surface area contributed by atoms with E-state index >= 15 is 0 Å². The summed E-state index contributed by atoms with van der Waals surface area (Å²) in [5.41, 5.74) is 9.09. The van der Waals surface area contributed by atoms with Crippen molar-refractivity contribution in [2.24, 2.45) is 5.92 Å². The highest BCUT2D eigenvalue weighted by Crippen LogP contribution is 2.31. The zero-order valence-corrected chi connectivity index (χ0v) is 18.3. The van der Waals surface area contributed by atoms with Crippen LogP contribution in [-0.4, -0.2) is 13.8 Å². The lowest BCUT2D eigenvalue weighted by molar-refractivity contribution is -0.675. The van der Waals surface area contributed by atoms with Gasteiger partial charge in [0, 0.05) is 11.1 Å². The average Bonchev–Trinajstić information content (AvgIpc) is 3.42. The highest BCUT2D eigenvalue weighted by molar-refractivity contribution is 5.89. The van der Waals surface area contributed by atoms with E-state index in [0.29, 0.717) is 5.92 Å². The Morgan fingerprint density at radius 1 is 0.719 bits per heavy atom. The highest BCUT2D eigenvalue weighted by atomic mass is 15.2. The molecule has 0 atom stereocenters. The summed E-state index contributed by atoms with van der Waals surface area (Å²) in [5, 5.41) is 0. The summed E-state index contributed by atoms with van der Waals surface area (Å²) in [6, 6.07) is 29.8. The van der Waals surface area contributed by atoms with E-state index in [4.69, 9.17) is 4.98 Å². The third-order valence-corrected chi connectivity index (χ3v) is 6.03. The number of hydrogen-bond donors (Lipinski definition) is 0. The minimum Gasteiger partial charge on any atom is -0.282 e. The quantitative estimate of drug-likeness (QED) is 0.322. The van der Waals surface area contributed by atoms with Crippen LogP contribution in [0.25, 0.3) is 44.8 Å². The van der Waals surface area contributed by atoms with Crippen LogP contribution >= 0.6 is 0 Å². The molecule has 0 N–H and O–H groups in total. The fourth-order valence-electron chi connectivity index (χ4n) is 4.73. The Kier molecular flexibility index (Phi) is 4.32. The number of rotatable bonds is 4. The van der Waals surface area contributed by atoms with Crippen molar-refractivity contribution in [1.29, 1.82) is 0 Å². The normalized spacial score (nSPS) is 11.8. The predicted octanol–water partition coefficient (Wildman–Crippen LogP) is 6.02. The van der Waals surface area contributed by atoms with Gasteiger partial charge in [-0.15, -0.1) is 0 Å². The lowest BCUT2D eigenvalue weighted by atomic mass is 10.1. The molecule has 0 spiro atoms. The Morgan fingerprint density at radius 2 is 1.28 bits per heavy atom. The van der Waals surface area contributed by atoms with Gasteiger partial charge in [0.05, 0.1) is 24.0 Å². The van der Waals surface area contributed by atoms with Crippen LogP contribution in [-0.2, 0) is 6.54 Å². The molecule has 0 amide bonds. The Balaban J connectivity index is 1.81. The van der Waals surface area contributed by atoms with Gasteiger partial charge < -0.3 is 0 Å². The molecule has 0 aliphatic carbocycles. The minimum atomic E-state index is 0.518. The molecule has 0 radical (unpaired) electrons. The Labute approximate surface area is 187 Å². The summed E-state index contributed by atoms with van der Waals surface area (Å²) in [7, 11) is 0. The average molecular weight is 418 g/mol. The Bertz CT molecular complexity index is 1560. The van der Waals surface area contributed by atoms with Crippen LogP contribution in [0, 0.1) is 5.92 Å². The van der Waals surface area contributed by atoms with Crippen molar-refractivity contribution in [2.75, 3.05) is 0 Å². The second-order valence-corrected chi connectivity index (χ2v) is 8.74. The van der Waals surface area contributed by atoms with Crippen LogP contribution in [0.4, 0.5) is 0 Å². The van der Waals surface area contributed by atoms with Crippen LogP contribution in [0.3, 0.4) is 0 Å². The molecule has 0 fully saturated rings. The van der Waals surface area contributed by atoms with Crippen molar-refractivity contribution in [2.45, 2.75) is 20.4 Å². The third-order valence-electron chi connectivity index (χ3n) is 6.03. The molecule has 0 saturated heterocycles. The van der Waals surface area contributed by atoms with Gasteiger partial charge in [-0.1, -0.05) is 86.6 Å². The van der Waals surface area contributed by atoms with E-state index in [1.807, 2.05) is 6.20 Å². The van der Waals surface area contributed by atoms with Crippen molar-refractivity contribution < 1.29 is 4.57 Å². The monoisotopic (exact) mass is 417 g/mol. The van der Waals surface area contributed by atoms with Crippen molar-refractivity contribution in [3.8, 4) is 22.5 Å². The summed E-state index contributed by atoms with van der Waals surface area (Å²) in [6.07, 6.45) is 4.29. The highest BCUT2D eigenvalue weighted by Gasteiger charge is 2.27. The first-order valence-corrected chi connectivity index (χ1v) is 11.2. The number of para-hydroxylation sites is 2. The van der Waals surface area contributed by atoms with Gasteiger partial charge in [-0.05, 0) is 18.1 Å². The molecule has 4 nitrogen and oxygen atoms in total. The second-order valence-electron chi connectivity index (χ2n) is 8.74. The summed E-state index contributed by atoms with van der Waals surface area (Å²) in [5.74, 6) is 0.518. The van der Waals surface area contributed by atoms with Gasteiger partial charge in [-0.25, -0.2) is 9.55 Å². The molecule has 0 bridgehead atoms. The number of nitrogens with zero attached hydrogens (tertiary/aromatic N) is 4. The Hall–Kier alpha value is -3.92. The molecule has 0 saturated carbocycles. The summed E-state index contributed by atoms with van der Waals surface area (Å²) in [4.78, 5) is 4.97. The first-order chi connectivity index (χ1) is 15.7. The van der Waals surface area contributed by atoms with E-state index < -0.39 is 0 Å². The van der Waals surface area contributed by atoms with Gasteiger partial charge >= 0.3 is 5.65 Å². The fraction of sp³-hybridized carbons (Fsp3) is 0.143. The van der Waals surface area contributed by atoms with Crippen LogP contribution in [0.1, 0.15) is 13.8 Å². The third kappa shape index (κ3) is 2.83. The molecule has 6 rings (SSSR count). The van der Waals surface area contributed by atoms with Crippen molar-refractivity contribution in [1.82, 2.24) is 13.8 Å². The van der Waals surface area contributed by atoms with Crippen molar-refractivity contribution in [3.05, 3.63) is 97.3 Å². The van der Waals surface area contributed by atoms with E-state index in [0.717, 1.165) is 29.0 Å². The first kappa shape index (κ1) is 18.8. The van der Waals surface area contributed by atoms with E-state index in [9.17, 15) is 0 Å². The smallest absolute Gasteiger partial charge is 0.282 e. The molecule has 0 aliphatic heterocycles. The lowest BCUT2D eigenvalue weighted by Crippen LogP contribution is -2.35. The molecular weight excluding hydrogens is 392 g/mol. The number of hydrogen-bond acceptors (Lipinski definition) is 1. The van der Waals surface area contributed by atoms with Crippen molar-refractivity contribution >= 4 is 22.3 Å². The number of aromatic nitrogens is 4. The molecule has 0 aliphatic rings. The molecule has 3 aromatic carbocycles. The zero-order chi connectivity index (χ0) is 21.7. The summed E-state index contributed by atoms with van der Waals surface area (Å²) >= 11 is 0. The molecular formula is C28H25N4+. The maximum absolute atomic E-state index is 4.97. The van der Waals surface area contributed by atoms with Gasteiger partial charge in [0.1, 0.15) is 6.20 Å². The number of imidazole rings is 2. The van der Waals surface area contributed by atoms with Gasteiger partial charge in [0.15, 0.2) is 11.2 Å². The minimum absolute atomic E-state index is 0.518.